The van der Waals surface area contributed by atoms with E-state index in [4.69, 9.17) is 0 Å². The van der Waals surface area contributed by atoms with E-state index >= 15 is 0 Å². The van der Waals surface area contributed by atoms with Crippen LogP contribution in [0.2, 0.25) is 0 Å². The Morgan fingerprint density at radius 2 is 2.33 bits per heavy atom. The molecule has 5 nitrogen and oxygen atoms in total. The second-order valence-corrected chi connectivity index (χ2v) is 7.33. The molecule has 21 heavy (non-hydrogen) atoms. The van der Waals surface area contributed by atoms with Crippen LogP contribution in [0.3, 0.4) is 0 Å². The molecule has 0 saturated carbocycles. The fourth-order valence-electron chi connectivity index (χ4n) is 2.29. The number of aliphatic carboxylic acids is 1. The minimum Gasteiger partial charge on any atom is -0.480 e. The molecule has 2 atom stereocenters. The Hall–Kier alpha value is -1.21. The van der Waals surface area contributed by atoms with E-state index in [9.17, 15) is 14.7 Å². The minimum absolute atomic E-state index is 0.0418. The van der Waals surface area contributed by atoms with Crippen molar-refractivity contribution in [1.29, 1.82) is 0 Å². The number of carbonyl (C=O) groups is 2. The maximum absolute atomic E-state index is 12.6. The second-order valence-electron chi connectivity index (χ2n) is 5.15. The Balaban J connectivity index is 2.01. The summed E-state index contributed by atoms with van der Waals surface area (Å²) in [5.41, 5.74) is 0. The number of rotatable bonds is 4. The number of carboxylic acids is 1. The number of thiophene rings is 1. The van der Waals surface area contributed by atoms with Gasteiger partial charge in [-0.2, -0.15) is 11.8 Å². The first kappa shape index (κ1) is 16.2. The van der Waals surface area contributed by atoms with Crippen molar-refractivity contribution >= 4 is 35.1 Å². The van der Waals surface area contributed by atoms with Gasteiger partial charge >= 0.3 is 12.0 Å². The van der Waals surface area contributed by atoms with Gasteiger partial charge in [-0.05, 0) is 18.4 Å². The molecule has 1 fully saturated rings. The summed E-state index contributed by atoms with van der Waals surface area (Å²) in [7, 11) is 1.75. The van der Waals surface area contributed by atoms with Gasteiger partial charge in [0.15, 0.2) is 0 Å². The molecule has 1 N–H and O–H groups in total. The van der Waals surface area contributed by atoms with Crippen molar-refractivity contribution < 1.29 is 14.7 Å². The highest BCUT2D eigenvalue weighted by atomic mass is 32.2. The first-order valence-corrected chi connectivity index (χ1v) is 8.90. The maximum Gasteiger partial charge on any atom is 0.327 e. The Bertz CT molecular complexity index is 492. The van der Waals surface area contributed by atoms with E-state index in [1.54, 1.807) is 35.0 Å². The zero-order valence-corrected chi connectivity index (χ0v) is 13.8. The Morgan fingerprint density at radius 3 is 2.95 bits per heavy atom. The SMILES string of the molecule is CC(Cc1cccs1)N(C)C(=O)N1CCSCC1C(=O)O. The van der Waals surface area contributed by atoms with Crippen LogP contribution in [0.25, 0.3) is 0 Å². The summed E-state index contributed by atoms with van der Waals surface area (Å²) in [6, 6.07) is 3.19. The summed E-state index contributed by atoms with van der Waals surface area (Å²) in [6.45, 7) is 2.49. The van der Waals surface area contributed by atoms with Crippen molar-refractivity contribution in [3.63, 3.8) is 0 Å². The standard InChI is InChI=1S/C14H20N2O3S2/c1-10(8-11-4-3-6-21-11)15(2)14(19)16-5-7-20-9-12(16)13(17)18/h3-4,6,10,12H,5,7-9H2,1-2H3,(H,17,18). The van der Waals surface area contributed by atoms with E-state index in [1.165, 1.54) is 9.78 Å². The average Bonchev–Trinajstić information content (AvgIpc) is 2.98. The van der Waals surface area contributed by atoms with Crippen LogP contribution in [0.4, 0.5) is 4.79 Å². The van der Waals surface area contributed by atoms with Crippen LogP contribution in [-0.2, 0) is 11.2 Å². The van der Waals surface area contributed by atoms with Gasteiger partial charge in [0.05, 0.1) is 0 Å². The summed E-state index contributed by atoms with van der Waals surface area (Å²) in [5, 5.41) is 11.3. The summed E-state index contributed by atoms with van der Waals surface area (Å²) in [6.07, 6.45) is 0.792. The number of nitrogens with zero attached hydrogens (tertiary/aromatic N) is 2. The second kappa shape index (κ2) is 7.17. The molecule has 116 valence electrons. The molecule has 2 amide bonds. The number of hydrogen-bond acceptors (Lipinski definition) is 4. The Labute approximate surface area is 132 Å². The van der Waals surface area contributed by atoms with E-state index in [0.29, 0.717) is 12.3 Å². The van der Waals surface area contributed by atoms with Crippen molar-refractivity contribution in [3.05, 3.63) is 22.4 Å². The minimum atomic E-state index is -0.921. The van der Waals surface area contributed by atoms with Gasteiger partial charge in [-0.25, -0.2) is 9.59 Å². The predicted octanol–water partition coefficient (Wildman–Crippen LogP) is 2.23. The molecule has 1 aliphatic rings. The quantitative estimate of drug-likeness (QED) is 0.921. The van der Waals surface area contributed by atoms with Gasteiger partial charge in [-0.3, -0.25) is 0 Å². The van der Waals surface area contributed by atoms with Crippen LogP contribution >= 0.6 is 23.1 Å². The van der Waals surface area contributed by atoms with Gasteiger partial charge in [0.1, 0.15) is 6.04 Å². The molecule has 0 spiro atoms. The van der Waals surface area contributed by atoms with Gasteiger partial charge < -0.3 is 14.9 Å². The molecule has 1 aromatic rings. The third-order valence-corrected chi connectivity index (χ3v) is 5.62. The van der Waals surface area contributed by atoms with Crippen LogP contribution < -0.4 is 0 Å². The number of carbonyl (C=O) groups excluding carboxylic acids is 1. The third kappa shape index (κ3) is 3.91. The van der Waals surface area contributed by atoms with Gasteiger partial charge in [0.2, 0.25) is 0 Å². The molecule has 2 rings (SSSR count). The molecule has 1 saturated heterocycles. The fraction of sp³-hybridized carbons (Fsp3) is 0.571. The molecule has 7 heteroatoms. The molecule has 2 heterocycles. The van der Waals surface area contributed by atoms with Crippen molar-refractivity contribution in [2.45, 2.75) is 25.4 Å². The summed E-state index contributed by atoms with van der Waals surface area (Å²) >= 11 is 3.26. The molecular formula is C14H20N2O3S2. The van der Waals surface area contributed by atoms with Crippen molar-refractivity contribution in [2.24, 2.45) is 0 Å². The topological polar surface area (TPSA) is 60.9 Å². The van der Waals surface area contributed by atoms with E-state index < -0.39 is 12.0 Å². The first-order valence-electron chi connectivity index (χ1n) is 6.87. The van der Waals surface area contributed by atoms with Gasteiger partial charge in [0.25, 0.3) is 0 Å². The third-order valence-electron chi connectivity index (χ3n) is 3.70. The molecule has 1 aliphatic heterocycles. The van der Waals surface area contributed by atoms with E-state index in [0.717, 1.165) is 12.2 Å². The Kier molecular flexibility index (Phi) is 5.52. The largest absolute Gasteiger partial charge is 0.480 e. The van der Waals surface area contributed by atoms with E-state index in [1.807, 2.05) is 18.4 Å². The zero-order valence-electron chi connectivity index (χ0n) is 12.2. The molecule has 1 aromatic heterocycles. The molecule has 0 radical (unpaired) electrons. The van der Waals surface area contributed by atoms with Crippen LogP contribution in [0.1, 0.15) is 11.8 Å². The molecule has 2 unspecified atom stereocenters. The zero-order chi connectivity index (χ0) is 15.4. The van der Waals surface area contributed by atoms with Crippen molar-refractivity contribution in [2.75, 3.05) is 25.1 Å². The number of carboxylic acid groups (broad SMARTS) is 1. The highest BCUT2D eigenvalue weighted by molar-refractivity contribution is 7.99. The molecule has 0 aromatic carbocycles. The highest BCUT2D eigenvalue weighted by Crippen LogP contribution is 2.20. The number of amides is 2. The van der Waals surface area contributed by atoms with Crippen LogP contribution in [0.5, 0.6) is 0 Å². The number of thioether (sulfide) groups is 1. The fourth-order valence-corrected chi connectivity index (χ4v) is 4.15. The predicted molar refractivity (Wildman–Crippen MR) is 86.1 cm³/mol. The summed E-state index contributed by atoms with van der Waals surface area (Å²) in [4.78, 5) is 28.2. The summed E-state index contributed by atoms with van der Waals surface area (Å²) in [5.74, 6) is 0.339. The molecule has 0 bridgehead atoms. The van der Waals surface area contributed by atoms with Crippen molar-refractivity contribution in [1.82, 2.24) is 9.80 Å². The summed E-state index contributed by atoms with van der Waals surface area (Å²) < 4.78 is 0. The number of urea groups is 1. The number of hydrogen-bond donors (Lipinski definition) is 1. The highest BCUT2D eigenvalue weighted by Gasteiger charge is 2.34. The number of likely N-dealkylation sites (N-methyl/N-ethyl adjacent to an activating group) is 1. The smallest absolute Gasteiger partial charge is 0.327 e. The normalized spacial score (nSPS) is 20.1. The maximum atomic E-state index is 12.6. The van der Waals surface area contributed by atoms with Crippen molar-refractivity contribution in [3.8, 4) is 0 Å². The monoisotopic (exact) mass is 328 g/mol. The van der Waals surface area contributed by atoms with Gasteiger partial charge in [0, 0.05) is 42.4 Å². The van der Waals surface area contributed by atoms with Gasteiger partial charge in [-0.15, -0.1) is 11.3 Å². The molecular weight excluding hydrogens is 308 g/mol. The Morgan fingerprint density at radius 1 is 1.57 bits per heavy atom. The van der Waals surface area contributed by atoms with E-state index in [-0.39, 0.29) is 12.1 Å². The van der Waals surface area contributed by atoms with Crippen LogP contribution in [0, 0.1) is 0 Å². The lowest BCUT2D eigenvalue weighted by Crippen LogP contribution is -2.55. The lowest BCUT2D eigenvalue weighted by atomic mass is 10.2. The lowest BCUT2D eigenvalue weighted by Gasteiger charge is -2.37. The average molecular weight is 328 g/mol. The first-order chi connectivity index (χ1) is 10.0. The lowest BCUT2D eigenvalue weighted by molar-refractivity contribution is -0.141. The van der Waals surface area contributed by atoms with Crippen LogP contribution in [0.15, 0.2) is 17.5 Å². The van der Waals surface area contributed by atoms with Crippen LogP contribution in [-0.4, -0.2) is 64.1 Å². The molecule has 0 aliphatic carbocycles. The van der Waals surface area contributed by atoms with E-state index in [2.05, 4.69) is 6.07 Å². The van der Waals surface area contributed by atoms with Gasteiger partial charge in [-0.1, -0.05) is 6.07 Å².